The third-order valence-corrected chi connectivity index (χ3v) is 3.75. The van der Waals surface area contributed by atoms with Crippen molar-refractivity contribution in [2.75, 3.05) is 5.32 Å². The average molecular weight is 353 g/mol. The first-order valence-corrected chi connectivity index (χ1v) is 8.26. The summed E-state index contributed by atoms with van der Waals surface area (Å²) in [5, 5.41) is 6.84. The zero-order chi connectivity index (χ0) is 18.7. The van der Waals surface area contributed by atoms with Gasteiger partial charge in [-0.1, -0.05) is 25.1 Å². The molecule has 0 bridgehead atoms. The number of fused-ring (bicyclic) bond motifs is 1. The van der Waals surface area contributed by atoms with E-state index in [-0.39, 0.29) is 5.82 Å². The van der Waals surface area contributed by atoms with Crippen LogP contribution in [0.15, 0.2) is 36.4 Å². The highest BCUT2D eigenvalue weighted by Gasteiger charge is 2.25. The molecule has 3 aromatic rings. The maximum Gasteiger partial charge on any atom is 0.379 e. The summed E-state index contributed by atoms with van der Waals surface area (Å²) in [4.78, 5) is 33.0. The Morgan fingerprint density at radius 3 is 2.62 bits per heavy atom. The lowest BCUT2D eigenvalue weighted by Gasteiger charge is -2.15. The van der Waals surface area contributed by atoms with Crippen LogP contribution >= 0.6 is 0 Å². The number of carbonyl (C=O) groups is 2. The second kappa shape index (κ2) is 7.30. The molecule has 0 aliphatic heterocycles. The van der Waals surface area contributed by atoms with E-state index in [0.29, 0.717) is 17.9 Å². The maximum atomic E-state index is 12.4. The predicted octanol–water partition coefficient (Wildman–Crippen LogP) is 2.32. The third kappa shape index (κ3) is 3.69. The number of aromatic nitrogens is 4. The Kier molecular flexibility index (Phi) is 4.92. The molecule has 1 atom stereocenters. The molecule has 0 radical (unpaired) electrons. The fourth-order valence-electron chi connectivity index (χ4n) is 2.50. The van der Waals surface area contributed by atoms with Gasteiger partial charge in [0.1, 0.15) is 0 Å². The molecule has 1 unspecified atom stereocenters. The van der Waals surface area contributed by atoms with Gasteiger partial charge in [0.05, 0.1) is 0 Å². The number of hydrogen-bond donors (Lipinski definition) is 1. The Balaban J connectivity index is 1.75. The average Bonchev–Trinajstić information content (AvgIpc) is 3.04. The van der Waals surface area contributed by atoms with Crippen molar-refractivity contribution in [2.24, 2.45) is 0 Å². The minimum absolute atomic E-state index is 0.128. The van der Waals surface area contributed by atoms with E-state index in [2.05, 4.69) is 20.4 Å². The standard InChI is InChI=1S/C18H19N5O3/c1-4-14(16(24)20-13-8-6-5-7-9-13)26-17(25)15-21-18-19-11(2)10-12(3)23(18)22-15/h5-10,14H,4H2,1-3H3,(H,20,24). The molecule has 134 valence electrons. The highest BCUT2D eigenvalue weighted by atomic mass is 16.5. The number of amides is 1. The van der Waals surface area contributed by atoms with Crippen molar-refractivity contribution < 1.29 is 14.3 Å². The minimum atomic E-state index is -0.940. The van der Waals surface area contributed by atoms with Gasteiger partial charge in [0.25, 0.3) is 17.5 Å². The summed E-state index contributed by atoms with van der Waals surface area (Å²) in [6.07, 6.45) is -0.612. The van der Waals surface area contributed by atoms with Gasteiger partial charge in [0.15, 0.2) is 6.10 Å². The molecule has 0 aliphatic carbocycles. The number of anilines is 1. The molecule has 1 amide bonds. The van der Waals surface area contributed by atoms with E-state index in [1.165, 1.54) is 4.52 Å². The largest absolute Gasteiger partial charge is 0.446 e. The van der Waals surface area contributed by atoms with E-state index >= 15 is 0 Å². The molecule has 2 aromatic heterocycles. The molecule has 8 heteroatoms. The van der Waals surface area contributed by atoms with Crippen molar-refractivity contribution in [3.8, 4) is 0 Å². The normalized spacial score (nSPS) is 12.0. The Morgan fingerprint density at radius 1 is 1.19 bits per heavy atom. The molecule has 0 aliphatic rings. The molecule has 8 nitrogen and oxygen atoms in total. The number of aryl methyl sites for hydroxylation is 2. The molecular weight excluding hydrogens is 334 g/mol. The smallest absolute Gasteiger partial charge is 0.379 e. The van der Waals surface area contributed by atoms with E-state index in [1.807, 2.05) is 26.0 Å². The number of ether oxygens (including phenoxy) is 1. The number of benzene rings is 1. The number of carbonyl (C=O) groups excluding carboxylic acids is 2. The molecule has 2 heterocycles. The summed E-state index contributed by atoms with van der Waals surface area (Å²) in [5.74, 6) is -0.975. The Bertz CT molecular complexity index is 952. The van der Waals surface area contributed by atoms with Gasteiger partial charge in [-0.25, -0.2) is 14.3 Å². The second-order valence-corrected chi connectivity index (χ2v) is 5.84. The van der Waals surface area contributed by atoms with Crippen molar-refractivity contribution in [1.29, 1.82) is 0 Å². The molecule has 1 N–H and O–H groups in total. The minimum Gasteiger partial charge on any atom is -0.446 e. The number of para-hydroxylation sites is 1. The topological polar surface area (TPSA) is 98.5 Å². The van der Waals surface area contributed by atoms with E-state index in [9.17, 15) is 9.59 Å². The highest BCUT2D eigenvalue weighted by molar-refractivity contribution is 5.96. The quantitative estimate of drug-likeness (QED) is 0.707. The Labute approximate surface area is 150 Å². The van der Waals surface area contributed by atoms with Crippen LogP contribution in [-0.4, -0.2) is 37.6 Å². The third-order valence-electron chi connectivity index (χ3n) is 3.75. The van der Waals surface area contributed by atoms with E-state index < -0.39 is 18.0 Å². The first-order chi connectivity index (χ1) is 12.5. The van der Waals surface area contributed by atoms with Gasteiger partial charge in [0, 0.05) is 17.1 Å². The predicted molar refractivity (Wildman–Crippen MR) is 94.8 cm³/mol. The van der Waals surface area contributed by atoms with Crippen LogP contribution in [0.25, 0.3) is 5.78 Å². The first kappa shape index (κ1) is 17.5. The number of esters is 1. The zero-order valence-corrected chi connectivity index (χ0v) is 14.8. The van der Waals surface area contributed by atoms with Crippen molar-refractivity contribution in [2.45, 2.75) is 33.3 Å². The fourth-order valence-corrected chi connectivity index (χ4v) is 2.50. The zero-order valence-electron chi connectivity index (χ0n) is 14.8. The van der Waals surface area contributed by atoms with Crippen LogP contribution in [0.1, 0.15) is 35.4 Å². The van der Waals surface area contributed by atoms with Gasteiger partial charge in [-0.3, -0.25) is 4.79 Å². The lowest BCUT2D eigenvalue weighted by atomic mass is 10.2. The number of nitrogens with one attached hydrogen (secondary N) is 1. The monoisotopic (exact) mass is 353 g/mol. The van der Waals surface area contributed by atoms with Crippen molar-refractivity contribution >= 4 is 23.3 Å². The van der Waals surface area contributed by atoms with Crippen molar-refractivity contribution in [3.05, 3.63) is 53.6 Å². The SMILES string of the molecule is CCC(OC(=O)c1nc2nc(C)cc(C)n2n1)C(=O)Nc1ccccc1. The highest BCUT2D eigenvalue weighted by Crippen LogP contribution is 2.11. The summed E-state index contributed by atoms with van der Waals surface area (Å²) in [6.45, 7) is 5.43. The fraction of sp³-hybridized carbons (Fsp3) is 0.278. The van der Waals surface area contributed by atoms with Gasteiger partial charge in [0.2, 0.25) is 0 Å². The van der Waals surface area contributed by atoms with Crippen LogP contribution in [0.5, 0.6) is 0 Å². The van der Waals surface area contributed by atoms with Crippen LogP contribution in [0.3, 0.4) is 0 Å². The molecule has 3 rings (SSSR count). The van der Waals surface area contributed by atoms with Crippen LogP contribution in [0, 0.1) is 13.8 Å². The molecule has 26 heavy (non-hydrogen) atoms. The van der Waals surface area contributed by atoms with Crippen LogP contribution in [0.2, 0.25) is 0 Å². The van der Waals surface area contributed by atoms with Gasteiger partial charge in [-0.05, 0) is 38.5 Å². The summed E-state index contributed by atoms with van der Waals surface area (Å²) in [7, 11) is 0. The number of hydrogen-bond acceptors (Lipinski definition) is 6. The Hall–Kier alpha value is -3.29. The van der Waals surface area contributed by atoms with Gasteiger partial charge < -0.3 is 10.1 Å². The molecular formula is C18H19N5O3. The van der Waals surface area contributed by atoms with Crippen LogP contribution < -0.4 is 5.32 Å². The van der Waals surface area contributed by atoms with E-state index in [4.69, 9.17) is 4.74 Å². The van der Waals surface area contributed by atoms with Crippen molar-refractivity contribution in [3.63, 3.8) is 0 Å². The summed E-state index contributed by atoms with van der Waals surface area (Å²) in [6, 6.07) is 10.8. The summed E-state index contributed by atoms with van der Waals surface area (Å²) in [5.41, 5.74) is 2.21. The molecule has 0 saturated heterocycles. The van der Waals surface area contributed by atoms with Gasteiger partial charge in [-0.2, -0.15) is 4.98 Å². The van der Waals surface area contributed by atoms with Gasteiger partial charge in [-0.15, -0.1) is 5.10 Å². The Morgan fingerprint density at radius 2 is 1.92 bits per heavy atom. The molecule has 1 aromatic carbocycles. The van der Waals surface area contributed by atoms with Crippen molar-refractivity contribution in [1.82, 2.24) is 19.6 Å². The van der Waals surface area contributed by atoms with Gasteiger partial charge >= 0.3 is 5.97 Å². The van der Waals surface area contributed by atoms with E-state index in [1.54, 1.807) is 31.2 Å². The molecule has 0 fully saturated rings. The van der Waals surface area contributed by atoms with E-state index in [0.717, 1.165) is 11.4 Å². The molecule has 0 saturated carbocycles. The lowest BCUT2D eigenvalue weighted by molar-refractivity contribution is -0.124. The van der Waals surface area contributed by atoms with Crippen LogP contribution in [0.4, 0.5) is 5.69 Å². The first-order valence-electron chi connectivity index (χ1n) is 8.26. The number of rotatable bonds is 5. The lowest BCUT2D eigenvalue weighted by Crippen LogP contribution is -2.32. The number of nitrogens with zero attached hydrogens (tertiary/aromatic N) is 4. The summed E-state index contributed by atoms with van der Waals surface area (Å²) < 4.78 is 6.77. The molecule has 0 spiro atoms. The summed E-state index contributed by atoms with van der Waals surface area (Å²) >= 11 is 0. The van der Waals surface area contributed by atoms with Crippen LogP contribution in [-0.2, 0) is 9.53 Å². The maximum absolute atomic E-state index is 12.4. The second-order valence-electron chi connectivity index (χ2n) is 5.84.